The Hall–Kier alpha value is -1.89. The highest BCUT2D eigenvalue weighted by Gasteiger charge is 2.35. The maximum atomic E-state index is 13.3. The average molecular weight is 302 g/mol. The Bertz CT molecular complexity index is 634. The third kappa shape index (κ3) is 3.07. The summed E-state index contributed by atoms with van der Waals surface area (Å²) < 4.78 is 53.0. The van der Waals surface area contributed by atoms with Gasteiger partial charge >= 0.3 is 6.18 Å². The van der Waals surface area contributed by atoms with Crippen LogP contribution in [0, 0.1) is 5.82 Å². The van der Waals surface area contributed by atoms with Crippen LogP contribution in [0.3, 0.4) is 0 Å². The molecule has 21 heavy (non-hydrogen) atoms. The lowest BCUT2D eigenvalue weighted by molar-refractivity contribution is -0.140. The third-order valence-electron chi connectivity index (χ3n) is 3.14. The zero-order chi connectivity index (χ0) is 15.8. The lowest BCUT2D eigenvalue weighted by atomic mass is 10.0. The van der Waals surface area contributed by atoms with Gasteiger partial charge in [0.05, 0.1) is 23.8 Å². The molecule has 1 atom stereocenters. The predicted octanol–water partition coefficient (Wildman–Crippen LogP) is 3.70. The van der Waals surface area contributed by atoms with Crippen LogP contribution in [0.1, 0.15) is 42.8 Å². The van der Waals surface area contributed by atoms with Gasteiger partial charge in [-0.2, -0.15) is 13.2 Å². The molecule has 0 saturated heterocycles. The summed E-state index contributed by atoms with van der Waals surface area (Å²) in [5.74, 6) is -1.36. The van der Waals surface area contributed by atoms with E-state index in [4.69, 9.17) is 0 Å². The molecule has 7 heteroatoms. The molecule has 3 nitrogen and oxygen atoms in total. The molecule has 0 spiro atoms. The van der Waals surface area contributed by atoms with E-state index in [1.54, 1.807) is 4.57 Å². The molecule has 0 radical (unpaired) electrons. The van der Waals surface area contributed by atoms with Crippen LogP contribution < -0.4 is 0 Å². The van der Waals surface area contributed by atoms with Crippen LogP contribution in [0.2, 0.25) is 0 Å². The van der Waals surface area contributed by atoms with Gasteiger partial charge in [-0.3, -0.25) is 0 Å². The second kappa shape index (κ2) is 5.48. The second-order valence-corrected chi connectivity index (χ2v) is 4.96. The molecule has 1 aromatic carbocycles. The molecule has 0 aliphatic heterocycles. The molecule has 0 bridgehead atoms. The molecule has 114 valence electrons. The Labute approximate surface area is 118 Å². The highest BCUT2D eigenvalue weighted by atomic mass is 19.4. The first-order chi connectivity index (χ1) is 9.71. The topological polar surface area (TPSA) is 38.0 Å². The van der Waals surface area contributed by atoms with Crippen molar-refractivity contribution in [1.82, 2.24) is 9.55 Å². The molecule has 1 unspecified atom stereocenters. The van der Waals surface area contributed by atoms with Crippen molar-refractivity contribution >= 4 is 0 Å². The van der Waals surface area contributed by atoms with Crippen molar-refractivity contribution in [2.45, 2.75) is 32.2 Å². The summed E-state index contributed by atoms with van der Waals surface area (Å²) in [5, 5.41) is 10.2. The molecule has 1 N–H and O–H groups in total. The molecule has 1 heterocycles. The minimum absolute atomic E-state index is 0.0142. The molecule has 0 aliphatic carbocycles. The monoisotopic (exact) mass is 302 g/mol. The third-order valence-corrected chi connectivity index (χ3v) is 3.14. The van der Waals surface area contributed by atoms with Crippen LogP contribution in [0.4, 0.5) is 17.6 Å². The van der Waals surface area contributed by atoms with Gasteiger partial charge < -0.3 is 9.67 Å². The van der Waals surface area contributed by atoms with E-state index in [1.807, 2.05) is 13.8 Å². The Kier molecular flexibility index (Phi) is 4.04. The number of hydrogen-bond acceptors (Lipinski definition) is 2. The summed E-state index contributed by atoms with van der Waals surface area (Å²) in [6, 6.07) is 2.45. The Morgan fingerprint density at radius 3 is 2.48 bits per heavy atom. The molecular formula is C14H14F4N2O. The van der Waals surface area contributed by atoms with E-state index in [1.165, 1.54) is 12.5 Å². The molecule has 0 saturated carbocycles. The molecule has 0 aliphatic rings. The summed E-state index contributed by atoms with van der Waals surface area (Å²) in [4.78, 5) is 3.89. The zero-order valence-electron chi connectivity index (χ0n) is 11.4. The van der Waals surface area contributed by atoms with E-state index < -0.39 is 23.7 Å². The summed E-state index contributed by atoms with van der Waals surface area (Å²) in [6.45, 7) is 3.70. The largest absolute Gasteiger partial charge is 0.419 e. The average Bonchev–Trinajstić information content (AvgIpc) is 2.86. The second-order valence-electron chi connectivity index (χ2n) is 4.96. The molecule has 0 fully saturated rings. The van der Waals surface area contributed by atoms with Gasteiger partial charge in [0.25, 0.3) is 0 Å². The number of aliphatic hydroxyl groups excluding tert-OH is 1. The van der Waals surface area contributed by atoms with E-state index in [0.29, 0.717) is 17.8 Å². The van der Waals surface area contributed by atoms with Gasteiger partial charge in [0.15, 0.2) is 0 Å². The molecule has 1 aromatic heterocycles. The Morgan fingerprint density at radius 1 is 1.24 bits per heavy atom. The van der Waals surface area contributed by atoms with Gasteiger partial charge in [-0.25, -0.2) is 9.37 Å². The summed E-state index contributed by atoms with van der Waals surface area (Å²) in [5.41, 5.74) is -1.08. The highest BCUT2D eigenvalue weighted by molar-refractivity contribution is 5.32. The lowest BCUT2D eigenvalue weighted by Gasteiger charge is -2.18. The Balaban J connectivity index is 2.45. The predicted molar refractivity (Wildman–Crippen MR) is 68.1 cm³/mol. The minimum atomic E-state index is -4.81. The van der Waals surface area contributed by atoms with Gasteiger partial charge in [-0.05, 0) is 31.5 Å². The number of aromatic nitrogens is 2. The SMILES string of the molecule is CC(C)n1cncc1C(O)c1ccc(F)c(C(F)(F)F)c1. The number of halogens is 4. The number of aliphatic hydroxyl groups is 1. The van der Waals surface area contributed by atoms with Gasteiger partial charge in [-0.15, -0.1) is 0 Å². The van der Waals surface area contributed by atoms with Crippen LogP contribution in [-0.2, 0) is 6.18 Å². The quantitative estimate of drug-likeness (QED) is 0.878. The fourth-order valence-corrected chi connectivity index (χ4v) is 2.06. The first kappa shape index (κ1) is 15.5. The minimum Gasteiger partial charge on any atom is -0.382 e. The van der Waals surface area contributed by atoms with E-state index in [0.717, 1.165) is 6.07 Å². The van der Waals surface area contributed by atoms with Crippen molar-refractivity contribution in [3.8, 4) is 0 Å². The number of benzene rings is 1. The molecule has 2 aromatic rings. The maximum Gasteiger partial charge on any atom is 0.419 e. The van der Waals surface area contributed by atoms with Crippen molar-refractivity contribution in [2.75, 3.05) is 0 Å². The first-order valence-electron chi connectivity index (χ1n) is 6.28. The number of rotatable bonds is 3. The van der Waals surface area contributed by atoms with Crippen LogP contribution in [0.25, 0.3) is 0 Å². The van der Waals surface area contributed by atoms with Crippen LogP contribution >= 0.6 is 0 Å². The first-order valence-corrected chi connectivity index (χ1v) is 6.28. The summed E-state index contributed by atoms with van der Waals surface area (Å²) in [7, 11) is 0. The van der Waals surface area contributed by atoms with Crippen molar-refractivity contribution in [3.63, 3.8) is 0 Å². The molecule has 2 rings (SSSR count). The van der Waals surface area contributed by atoms with Crippen molar-refractivity contribution < 1.29 is 22.7 Å². The Morgan fingerprint density at radius 2 is 1.90 bits per heavy atom. The number of nitrogens with zero attached hydrogens (tertiary/aromatic N) is 2. The summed E-state index contributed by atoms with van der Waals surface area (Å²) in [6.07, 6.45) is -3.26. The molecular weight excluding hydrogens is 288 g/mol. The van der Waals surface area contributed by atoms with E-state index in [-0.39, 0.29) is 11.6 Å². The van der Waals surface area contributed by atoms with Crippen LogP contribution in [0.5, 0.6) is 0 Å². The fourth-order valence-electron chi connectivity index (χ4n) is 2.06. The van der Waals surface area contributed by atoms with Crippen molar-refractivity contribution in [1.29, 1.82) is 0 Å². The van der Waals surface area contributed by atoms with Crippen molar-refractivity contribution in [3.05, 3.63) is 53.4 Å². The zero-order valence-corrected chi connectivity index (χ0v) is 11.4. The van der Waals surface area contributed by atoms with Gasteiger partial charge in [0, 0.05) is 6.04 Å². The van der Waals surface area contributed by atoms with E-state index in [2.05, 4.69) is 4.98 Å². The molecule has 0 amide bonds. The summed E-state index contributed by atoms with van der Waals surface area (Å²) >= 11 is 0. The van der Waals surface area contributed by atoms with Crippen LogP contribution in [0.15, 0.2) is 30.7 Å². The number of alkyl halides is 3. The normalized spacial score (nSPS) is 13.7. The smallest absolute Gasteiger partial charge is 0.382 e. The number of imidazole rings is 1. The van der Waals surface area contributed by atoms with Gasteiger partial charge in [0.2, 0.25) is 0 Å². The van der Waals surface area contributed by atoms with E-state index in [9.17, 15) is 22.7 Å². The van der Waals surface area contributed by atoms with Crippen LogP contribution in [-0.4, -0.2) is 14.7 Å². The highest BCUT2D eigenvalue weighted by Crippen LogP contribution is 2.34. The maximum absolute atomic E-state index is 13.3. The van der Waals surface area contributed by atoms with Crippen molar-refractivity contribution in [2.24, 2.45) is 0 Å². The fraction of sp³-hybridized carbons (Fsp3) is 0.357. The standard InChI is InChI=1S/C14H14F4N2O/c1-8(2)20-7-19-6-12(20)13(21)9-3-4-11(15)10(5-9)14(16,17)18/h3-8,13,21H,1-2H3. The lowest BCUT2D eigenvalue weighted by Crippen LogP contribution is -2.13. The number of hydrogen-bond donors (Lipinski definition) is 1. The van der Waals surface area contributed by atoms with Gasteiger partial charge in [-0.1, -0.05) is 6.07 Å². The van der Waals surface area contributed by atoms with E-state index >= 15 is 0 Å². The van der Waals surface area contributed by atoms with Gasteiger partial charge in [0.1, 0.15) is 11.9 Å².